The number of benzene rings is 1. The van der Waals surface area contributed by atoms with Gasteiger partial charge in [-0.05, 0) is 41.8 Å². The fourth-order valence-electron chi connectivity index (χ4n) is 2.80. The minimum Gasteiger partial charge on any atom is -0.347 e. The molecular formula is C22H24N2O2S2. The third kappa shape index (κ3) is 6.32. The van der Waals surface area contributed by atoms with E-state index < -0.39 is 0 Å². The van der Waals surface area contributed by atoms with Crippen LogP contribution in [0, 0.1) is 6.92 Å². The van der Waals surface area contributed by atoms with Crippen molar-refractivity contribution >= 4 is 34.5 Å². The molecule has 0 bridgehead atoms. The first-order valence-corrected chi connectivity index (χ1v) is 11.0. The first-order valence-electron chi connectivity index (χ1n) is 9.25. The van der Waals surface area contributed by atoms with Gasteiger partial charge < -0.3 is 10.2 Å². The lowest BCUT2D eigenvalue weighted by Gasteiger charge is -2.22. The van der Waals surface area contributed by atoms with Gasteiger partial charge in [0.1, 0.15) is 0 Å². The number of aryl methyl sites for hydroxylation is 2. The van der Waals surface area contributed by atoms with Gasteiger partial charge >= 0.3 is 0 Å². The molecule has 0 unspecified atom stereocenters. The van der Waals surface area contributed by atoms with E-state index in [1.54, 1.807) is 27.6 Å². The number of hydrogen-bond donors (Lipinski definition) is 1. The molecule has 6 heteroatoms. The minimum atomic E-state index is -0.0962. The number of rotatable bonds is 9. The van der Waals surface area contributed by atoms with Gasteiger partial charge in [-0.15, -0.1) is 22.7 Å². The third-order valence-corrected chi connectivity index (χ3v) is 6.13. The molecule has 0 fully saturated rings. The third-order valence-electron chi connectivity index (χ3n) is 4.40. The zero-order valence-electron chi connectivity index (χ0n) is 15.9. The fraction of sp³-hybridized carbons (Fsp3) is 0.273. The van der Waals surface area contributed by atoms with E-state index in [1.165, 1.54) is 5.56 Å². The van der Waals surface area contributed by atoms with Gasteiger partial charge in [-0.3, -0.25) is 9.59 Å². The Morgan fingerprint density at radius 1 is 0.929 bits per heavy atom. The van der Waals surface area contributed by atoms with Crippen molar-refractivity contribution in [2.24, 2.45) is 0 Å². The highest BCUT2D eigenvalue weighted by molar-refractivity contribution is 7.10. The van der Waals surface area contributed by atoms with Crippen molar-refractivity contribution in [1.29, 1.82) is 0 Å². The average Bonchev–Trinajstić information content (AvgIpc) is 3.39. The maximum Gasteiger partial charge on any atom is 0.242 e. The molecule has 2 heterocycles. The summed E-state index contributed by atoms with van der Waals surface area (Å²) in [5.74, 6) is -0.161. The highest BCUT2D eigenvalue weighted by atomic mass is 32.1. The average molecular weight is 413 g/mol. The second kappa shape index (κ2) is 10.2. The van der Waals surface area contributed by atoms with Crippen LogP contribution in [0.25, 0.3) is 0 Å². The summed E-state index contributed by atoms with van der Waals surface area (Å²) in [6.45, 7) is 3.20. The largest absolute Gasteiger partial charge is 0.347 e. The van der Waals surface area contributed by atoms with E-state index in [0.717, 1.165) is 15.3 Å². The van der Waals surface area contributed by atoms with Gasteiger partial charge in [0.25, 0.3) is 0 Å². The van der Waals surface area contributed by atoms with Gasteiger partial charge in [0.05, 0.1) is 19.6 Å². The lowest BCUT2D eigenvalue weighted by Crippen LogP contribution is -2.39. The number of amides is 2. The van der Waals surface area contributed by atoms with E-state index in [-0.39, 0.29) is 18.4 Å². The second-order valence-corrected chi connectivity index (χ2v) is 8.74. The van der Waals surface area contributed by atoms with Gasteiger partial charge in [0, 0.05) is 16.2 Å². The van der Waals surface area contributed by atoms with Crippen molar-refractivity contribution in [2.75, 3.05) is 6.54 Å². The minimum absolute atomic E-state index is 0.0312. The lowest BCUT2D eigenvalue weighted by atomic mass is 10.1. The molecule has 0 spiro atoms. The van der Waals surface area contributed by atoms with Crippen LogP contribution in [0.2, 0.25) is 0 Å². The molecule has 146 valence electrons. The summed E-state index contributed by atoms with van der Waals surface area (Å²) >= 11 is 3.27. The smallest absolute Gasteiger partial charge is 0.242 e. The van der Waals surface area contributed by atoms with Crippen LogP contribution in [0.5, 0.6) is 0 Å². The molecule has 1 aromatic carbocycles. The predicted octanol–water partition coefficient (Wildman–Crippen LogP) is 4.40. The molecule has 3 aromatic rings. The monoisotopic (exact) mass is 412 g/mol. The van der Waals surface area contributed by atoms with Crippen LogP contribution in [0.3, 0.4) is 0 Å². The maximum atomic E-state index is 12.7. The highest BCUT2D eigenvalue weighted by Crippen LogP contribution is 2.17. The summed E-state index contributed by atoms with van der Waals surface area (Å²) in [5, 5.41) is 6.80. The fourth-order valence-corrected chi connectivity index (χ4v) is 4.24. The van der Waals surface area contributed by atoms with E-state index in [9.17, 15) is 9.59 Å². The Balaban J connectivity index is 1.50. The van der Waals surface area contributed by atoms with Crippen molar-refractivity contribution in [2.45, 2.75) is 32.9 Å². The van der Waals surface area contributed by atoms with E-state index >= 15 is 0 Å². The molecule has 0 saturated carbocycles. The van der Waals surface area contributed by atoms with Gasteiger partial charge in [-0.2, -0.15) is 0 Å². The van der Waals surface area contributed by atoms with Gasteiger partial charge in [0.15, 0.2) is 0 Å². The number of carbonyl (C=O) groups is 2. The van der Waals surface area contributed by atoms with E-state index in [4.69, 9.17) is 0 Å². The Morgan fingerprint density at radius 2 is 1.54 bits per heavy atom. The van der Waals surface area contributed by atoms with Crippen LogP contribution < -0.4 is 5.32 Å². The van der Waals surface area contributed by atoms with Gasteiger partial charge in [0.2, 0.25) is 11.8 Å². The van der Waals surface area contributed by atoms with Crippen molar-refractivity contribution in [3.05, 3.63) is 80.2 Å². The number of nitrogens with one attached hydrogen (secondary N) is 1. The van der Waals surface area contributed by atoms with Crippen LogP contribution in [0.1, 0.15) is 27.3 Å². The van der Waals surface area contributed by atoms with Crippen LogP contribution in [-0.4, -0.2) is 23.3 Å². The molecule has 0 aliphatic heterocycles. The van der Waals surface area contributed by atoms with Crippen LogP contribution in [-0.2, 0) is 29.1 Å². The highest BCUT2D eigenvalue weighted by Gasteiger charge is 2.16. The Hall–Kier alpha value is -2.44. The molecule has 2 amide bonds. The molecule has 28 heavy (non-hydrogen) atoms. The molecule has 0 aliphatic rings. The summed E-state index contributed by atoms with van der Waals surface area (Å²) in [7, 11) is 0. The maximum absolute atomic E-state index is 12.7. The van der Waals surface area contributed by atoms with Gasteiger partial charge in [-0.25, -0.2) is 0 Å². The molecule has 0 atom stereocenters. The van der Waals surface area contributed by atoms with Gasteiger partial charge in [-0.1, -0.05) is 42.0 Å². The Morgan fingerprint density at radius 3 is 2.07 bits per heavy atom. The first-order chi connectivity index (χ1) is 13.6. The topological polar surface area (TPSA) is 49.4 Å². The molecule has 3 rings (SSSR count). The molecule has 2 aromatic heterocycles. The summed E-state index contributed by atoms with van der Waals surface area (Å²) < 4.78 is 0. The summed E-state index contributed by atoms with van der Waals surface area (Å²) in [4.78, 5) is 29.0. The summed E-state index contributed by atoms with van der Waals surface area (Å²) in [6, 6.07) is 16.2. The van der Waals surface area contributed by atoms with Crippen molar-refractivity contribution in [3.8, 4) is 0 Å². The molecule has 0 aliphatic carbocycles. The van der Waals surface area contributed by atoms with Crippen LogP contribution >= 0.6 is 22.7 Å². The number of carbonyl (C=O) groups excluding carboxylic acids is 2. The normalized spacial score (nSPS) is 10.6. The molecule has 4 nitrogen and oxygen atoms in total. The second-order valence-electron chi connectivity index (χ2n) is 6.67. The Labute approximate surface area is 173 Å². The lowest BCUT2D eigenvalue weighted by molar-refractivity contribution is -0.133. The molecule has 0 saturated heterocycles. The van der Waals surface area contributed by atoms with E-state index in [2.05, 4.69) is 5.32 Å². The van der Waals surface area contributed by atoms with Crippen LogP contribution in [0.4, 0.5) is 0 Å². The SMILES string of the molecule is Cc1ccc(CCC(=O)NCC(=O)N(Cc2cccs2)Cc2cccs2)cc1. The number of hydrogen-bond acceptors (Lipinski definition) is 4. The first kappa shape index (κ1) is 20.3. The number of thiophene rings is 2. The van der Waals surface area contributed by atoms with E-state index in [0.29, 0.717) is 25.9 Å². The van der Waals surface area contributed by atoms with Crippen molar-refractivity contribution in [1.82, 2.24) is 10.2 Å². The number of nitrogens with zero attached hydrogens (tertiary/aromatic N) is 1. The van der Waals surface area contributed by atoms with Crippen molar-refractivity contribution in [3.63, 3.8) is 0 Å². The Bertz CT molecular complexity index is 836. The molecule has 1 N–H and O–H groups in total. The van der Waals surface area contributed by atoms with Crippen molar-refractivity contribution < 1.29 is 9.59 Å². The summed E-state index contributed by atoms with van der Waals surface area (Å²) in [5.41, 5.74) is 2.33. The quantitative estimate of drug-likeness (QED) is 0.566. The predicted molar refractivity (Wildman–Crippen MR) is 115 cm³/mol. The van der Waals surface area contributed by atoms with Crippen LogP contribution in [0.15, 0.2) is 59.3 Å². The van der Waals surface area contributed by atoms with E-state index in [1.807, 2.05) is 66.2 Å². The summed E-state index contributed by atoms with van der Waals surface area (Å²) in [6.07, 6.45) is 1.06. The Kier molecular flexibility index (Phi) is 7.39. The molecular weight excluding hydrogens is 388 g/mol. The zero-order valence-corrected chi connectivity index (χ0v) is 17.5. The molecule has 0 radical (unpaired) electrons. The zero-order chi connectivity index (χ0) is 19.8. The standard InChI is InChI=1S/C22H24N2O2S2/c1-17-6-8-18(9-7-17)10-11-21(25)23-14-22(26)24(15-19-4-2-12-27-19)16-20-5-3-13-28-20/h2-9,12-13H,10-11,14-16H2,1H3,(H,23,25).